The van der Waals surface area contributed by atoms with E-state index >= 15 is 0 Å². The molecule has 4 nitrogen and oxygen atoms in total. The molecule has 2 heterocycles. The van der Waals surface area contributed by atoms with Crippen molar-refractivity contribution in [3.8, 4) is 50.5 Å². The smallest absolute Gasteiger partial charge is 0.399 e. The van der Waals surface area contributed by atoms with E-state index in [0.717, 1.165) is 39.1 Å². The van der Waals surface area contributed by atoms with E-state index in [4.69, 9.17) is 14.3 Å². The number of rotatable bonds is 4. The molecule has 1 fully saturated rings. The molecule has 3 aliphatic rings. The lowest BCUT2D eigenvalue weighted by atomic mass is 9.69. The van der Waals surface area contributed by atoms with Crippen molar-refractivity contribution < 1.29 is 9.31 Å². The Morgan fingerprint density at radius 2 is 1.04 bits per heavy atom. The topological polar surface area (TPSA) is 36.3 Å². The van der Waals surface area contributed by atoms with Gasteiger partial charge in [0.1, 0.15) is 5.82 Å². The molecule has 0 bridgehead atoms. The molecule has 55 heavy (non-hydrogen) atoms. The molecule has 2 aliphatic carbocycles. The number of nitrogens with zero attached hydrogens (tertiary/aromatic N) is 2. The molecule has 5 heteroatoms. The van der Waals surface area contributed by atoms with Crippen molar-refractivity contribution >= 4 is 23.6 Å². The molecule has 1 spiro atoms. The zero-order chi connectivity index (χ0) is 37.1. The van der Waals surface area contributed by atoms with Gasteiger partial charge < -0.3 is 9.31 Å². The van der Waals surface area contributed by atoms with Gasteiger partial charge in [-0.15, -0.1) is 0 Å². The molecule has 8 aromatic rings. The van der Waals surface area contributed by atoms with Gasteiger partial charge >= 0.3 is 7.12 Å². The summed E-state index contributed by atoms with van der Waals surface area (Å²) in [5.74, 6) is 0.929. The number of fused-ring (bicyclic) bond motifs is 11. The number of hydrogen-bond donors (Lipinski definition) is 0. The van der Waals surface area contributed by atoms with Crippen molar-refractivity contribution in [1.82, 2.24) is 9.55 Å². The predicted octanol–water partition coefficient (Wildman–Crippen LogP) is 11.0. The molecule has 0 radical (unpaired) electrons. The van der Waals surface area contributed by atoms with Crippen molar-refractivity contribution in [2.45, 2.75) is 44.3 Å². The highest BCUT2D eigenvalue weighted by Gasteiger charge is 2.54. The highest BCUT2D eigenvalue weighted by molar-refractivity contribution is 6.62. The normalized spacial score (nSPS) is 18.4. The molecule has 1 saturated heterocycles. The highest BCUT2D eigenvalue weighted by Crippen LogP contribution is 2.63. The first-order chi connectivity index (χ1) is 26.7. The Hall–Kier alpha value is -6.01. The van der Waals surface area contributed by atoms with Crippen molar-refractivity contribution in [2.24, 2.45) is 0 Å². The fraction of sp³-hybridized carbons (Fsp3) is 0.140. The van der Waals surface area contributed by atoms with Crippen LogP contribution in [0.5, 0.6) is 0 Å². The minimum Gasteiger partial charge on any atom is -0.399 e. The van der Waals surface area contributed by atoms with E-state index in [9.17, 15) is 0 Å². The highest BCUT2D eigenvalue weighted by atomic mass is 16.7. The number of aromatic nitrogens is 2. The summed E-state index contributed by atoms with van der Waals surface area (Å²) in [5, 5.41) is 0. The molecule has 0 N–H and O–H groups in total. The Kier molecular flexibility index (Phi) is 6.78. The Balaban J connectivity index is 1.06. The maximum Gasteiger partial charge on any atom is 0.494 e. The average molecular weight is 711 g/mol. The Morgan fingerprint density at radius 3 is 1.76 bits per heavy atom. The molecule has 1 atom stereocenters. The van der Waals surface area contributed by atoms with Gasteiger partial charge in [0.15, 0.2) is 0 Å². The van der Waals surface area contributed by atoms with Gasteiger partial charge in [-0.05, 0) is 125 Å². The van der Waals surface area contributed by atoms with E-state index in [0.29, 0.717) is 0 Å². The first-order valence-corrected chi connectivity index (χ1v) is 19.2. The van der Waals surface area contributed by atoms with Crippen LogP contribution in [0, 0.1) is 0 Å². The van der Waals surface area contributed by atoms with Crippen molar-refractivity contribution in [2.75, 3.05) is 0 Å². The fourth-order valence-corrected chi connectivity index (χ4v) is 9.37. The van der Waals surface area contributed by atoms with Gasteiger partial charge in [-0.1, -0.05) is 127 Å². The number of hydrogen-bond acceptors (Lipinski definition) is 3. The Bertz CT molecular complexity index is 2840. The summed E-state index contributed by atoms with van der Waals surface area (Å²) >= 11 is 0. The van der Waals surface area contributed by atoms with Gasteiger partial charge in [-0.25, -0.2) is 4.98 Å². The van der Waals surface area contributed by atoms with E-state index in [1.807, 2.05) is 0 Å². The number of imidazole rings is 1. The summed E-state index contributed by atoms with van der Waals surface area (Å²) in [6.07, 6.45) is 0. The lowest BCUT2D eigenvalue weighted by Crippen LogP contribution is -2.41. The number of para-hydroxylation sites is 3. The van der Waals surface area contributed by atoms with Crippen LogP contribution in [-0.2, 0) is 14.7 Å². The third-order valence-corrected chi connectivity index (χ3v) is 12.7. The molecule has 264 valence electrons. The van der Waals surface area contributed by atoms with E-state index in [2.05, 4.69) is 196 Å². The molecule has 11 rings (SSSR count). The van der Waals surface area contributed by atoms with Crippen molar-refractivity contribution in [1.29, 1.82) is 0 Å². The average Bonchev–Trinajstić information content (AvgIpc) is 3.90. The summed E-state index contributed by atoms with van der Waals surface area (Å²) in [6, 6.07) is 59.6. The first kappa shape index (κ1) is 32.4. The van der Waals surface area contributed by atoms with Crippen LogP contribution in [0.3, 0.4) is 0 Å². The lowest BCUT2D eigenvalue weighted by Gasteiger charge is -2.32. The van der Waals surface area contributed by atoms with Gasteiger partial charge in [0.25, 0.3) is 0 Å². The second kappa shape index (κ2) is 11.5. The lowest BCUT2D eigenvalue weighted by molar-refractivity contribution is 0.00578. The molecule has 0 amide bonds. The Morgan fingerprint density at radius 1 is 0.473 bits per heavy atom. The summed E-state index contributed by atoms with van der Waals surface area (Å²) < 4.78 is 15.3. The third kappa shape index (κ3) is 4.51. The predicted molar refractivity (Wildman–Crippen MR) is 224 cm³/mol. The summed E-state index contributed by atoms with van der Waals surface area (Å²) in [4.78, 5) is 5.17. The quantitative estimate of drug-likeness (QED) is 0.171. The maximum atomic E-state index is 6.54. The standard InChI is InChI=1S/C50H39BN2O2/c1-48(2)49(3,4)55-51(54-48)35-26-28-44-40(31-35)38-20-9-11-22-42(38)50(44)41-21-10-8-19-37(41)39-30-33(25-27-43(39)50)32-15-14-16-34(29-32)47-52-45-23-12-13-24-46(45)53(47)36-17-6-5-7-18-36/h5-31H,1-4H3. The fourth-order valence-electron chi connectivity index (χ4n) is 9.37. The van der Waals surface area contributed by atoms with Gasteiger partial charge in [0, 0.05) is 11.3 Å². The minimum absolute atomic E-state index is 0.410. The SMILES string of the molecule is CC1(C)OB(c2ccc3c(c2)-c2ccccc2C32c3ccccc3-c3cc(-c4cccc(-c5nc6ccccc6n5-c5ccccc5)c4)ccc32)OC1(C)C. The molecule has 1 aliphatic heterocycles. The van der Waals surface area contributed by atoms with Crippen LogP contribution >= 0.6 is 0 Å². The van der Waals surface area contributed by atoms with Crippen LogP contribution in [0.2, 0.25) is 0 Å². The van der Waals surface area contributed by atoms with Gasteiger partial charge in [-0.3, -0.25) is 4.57 Å². The molecule has 1 unspecified atom stereocenters. The van der Waals surface area contributed by atoms with Crippen LogP contribution in [0.25, 0.3) is 61.5 Å². The van der Waals surface area contributed by atoms with Crippen LogP contribution in [0.15, 0.2) is 164 Å². The number of benzene rings is 7. The van der Waals surface area contributed by atoms with E-state index in [1.165, 1.54) is 50.1 Å². The summed E-state index contributed by atoms with van der Waals surface area (Å²) in [6.45, 7) is 8.46. The van der Waals surface area contributed by atoms with Gasteiger partial charge in [-0.2, -0.15) is 0 Å². The van der Waals surface area contributed by atoms with Gasteiger partial charge in [0.05, 0.1) is 27.7 Å². The molecule has 1 aromatic heterocycles. The zero-order valence-electron chi connectivity index (χ0n) is 31.4. The summed E-state index contributed by atoms with van der Waals surface area (Å²) in [7, 11) is -0.426. The van der Waals surface area contributed by atoms with Crippen LogP contribution in [-0.4, -0.2) is 27.9 Å². The van der Waals surface area contributed by atoms with E-state index in [1.54, 1.807) is 0 Å². The molecular formula is C50H39BN2O2. The second-order valence-corrected chi connectivity index (χ2v) is 16.2. The van der Waals surface area contributed by atoms with Crippen LogP contribution < -0.4 is 5.46 Å². The van der Waals surface area contributed by atoms with Crippen molar-refractivity contribution in [3.63, 3.8) is 0 Å². The van der Waals surface area contributed by atoms with Gasteiger partial charge in [0.2, 0.25) is 0 Å². The Labute approximate surface area is 322 Å². The zero-order valence-corrected chi connectivity index (χ0v) is 31.4. The largest absolute Gasteiger partial charge is 0.494 e. The third-order valence-electron chi connectivity index (χ3n) is 12.7. The maximum absolute atomic E-state index is 6.54. The van der Waals surface area contributed by atoms with E-state index < -0.39 is 23.7 Å². The summed E-state index contributed by atoms with van der Waals surface area (Å²) in [5.41, 5.74) is 16.7. The molecular weight excluding hydrogens is 671 g/mol. The second-order valence-electron chi connectivity index (χ2n) is 16.2. The van der Waals surface area contributed by atoms with Crippen molar-refractivity contribution in [3.05, 3.63) is 186 Å². The van der Waals surface area contributed by atoms with E-state index in [-0.39, 0.29) is 0 Å². The minimum atomic E-state index is -0.437. The van der Waals surface area contributed by atoms with Crippen LogP contribution in [0.1, 0.15) is 49.9 Å². The molecule has 0 saturated carbocycles. The molecule has 7 aromatic carbocycles. The first-order valence-electron chi connectivity index (χ1n) is 19.2. The van der Waals surface area contributed by atoms with Crippen LogP contribution in [0.4, 0.5) is 0 Å². The monoisotopic (exact) mass is 710 g/mol.